The zero-order valence-electron chi connectivity index (χ0n) is 11.1. The Hall–Kier alpha value is -1.35. The van der Waals surface area contributed by atoms with Gasteiger partial charge in [-0.2, -0.15) is 0 Å². The summed E-state index contributed by atoms with van der Waals surface area (Å²) < 4.78 is 0. The predicted molar refractivity (Wildman–Crippen MR) is 73.2 cm³/mol. The molecule has 1 unspecified atom stereocenters. The molecule has 0 radical (unpaired) electrons. The van der Waals surface area contributed by atoms with Crippen molar-refractivity contribution < 1.29 is 4.79 Å². The minimum Gasteiger partial charge on any atom is -0.336 e. The largest absolute Gasteiger partial charge is 0.336 e. The van der Waals surface area contributed by atoms with E-state index in [0.717, 1.165) is 25.8 Å². The number of nitrogens with two attached hydrogens (primary N) is 1. The van der Waals surface area contributed by atoms with Gasteiger partial charge in [0.25, 0.3) is 0 Å². The molecule has 1 aliphatic rings. The lowest BCUT2D eigenvalue weighted by atomic mass is 9.99. The van der Waals surface area contributed by atoms with E-state index < -0.39 is 0 Å². The summed E-state index contributed by atoms with van der Waals surface area (Å²) in [5.74, 6) is 0.256. The highest BCUT2D eigenvalue weighted by Gasteiger charge is 2.29. The highest BCUT2D eigenvalue weighted by molar-refractivity contribution is 5.77. The molecule has 0 bridgehead atoms. The smallest absolute Gasteiger partial charge is 0.223 e. The number of hydrogen-bond donors (Lipinski definition) is 1. The predicted octanol–water partition coefficient (Wildman–Crippen LogP) is 2.40. The van der Waals surface area contributed by atoms with Crippen molar-refractivity contribution in [2.75, 3.05) is 13.1 Å². The summed E-state index contributed by atoms with van der Waals surface area (Å²) in [4.78, 5) is 14.2. The van der Waals surface area contributed by atoms with Gasteiger partial charge >= 0.3 is 0 Å². The van der Waals surface area contributed by atoms with E-state index in [-0.39, 0.29) is 11.9 Å². The maximum absolute atomic E-state index is 12.2. The van der Waals surface area contributed by atoms with Crippen molar-refractivity contribution in [1.29, 1.82) is 0 Å². The Morgan fingerprint density at radius 1 is 1.44 bits per heavy atom. The molecule has 0 aromatic heterocycles. The summed E-state index contributed by atoms with van der Waals surface area (Å²) in [6.45, 7) is 3.60. The molecule has 1 aromatic rings. The topological polar surface area (TPSA) is 46.3 Å². The third-order valence-corrected chi connectivity index (χ3v) is 3.72. The van der Waals surface area contributed by atoms with E-state index in [1.807, 2.05) is 11.0 Å². The third-order valence-electron chi connectivity index (χ3n) is 3.72. The molecule has 1 fully saturated rings. The van der Waals surface area contributed by atoms with Crippen LogP contribution in [0.1, 0.15) is 42.9 Å². The van der Waals surface area contributed by atoms with Crippen LogP contribution in [-0.2, 0) is 4.79 Å². The van der Waals surface area contributed by atoms with Gasteiger partial charge in [0.15, 0.2) is 0 Å². The van der Waals surface area contributed by atoms with Crippen LogP contribution in [0.3, 0.4) is 0 Å². The van der Waals surface area contributed by atoms with Crippen LogP contribution in [0.5, 0.6) is 0 Å². The van der Waals surface area contributed by atoms with Crippen LogP contribution in [0.25, 0.3) is 0 Å². The Balaban J connectivity index is 2.12. The number of rotatable bonds is 4. The summed E-state index contributed by atoms with van der Waals surface area (Å²) in [5, 5.41) is 0. The Morgan fingerprint density at radius 2 is 2.22 bits per heavy atom. The SMILES string of the molecule is Cc1ccccc1C1CCCN1C(=O)CCCN. The Morgan fingerprint density at radius 3 is 2.94 bits per heavy atom. The van der Waals surface area contributed by atoms with Crippen LogP contribution >= 0.6 is 0 Å². The Bertz CT molecular complexity index is 417. The Labute approximate surface area is 109 Å². The van der Waals surface area contributed by atoms with E-state index in [0.29, 0.717) is 13.0 Å². The summed E-state index contributed by atoms with van der Waals surface area (Å²) in [7, 11) is 0. The van der Waals surface area contributed by atoms with Gasteiger partial charge in [0.05, 0.1) is 6.04 Å². The maximum Gasteiger partial charge on any atom is 0.223 e. The molecular formula is C15H22N2O. The zero-order valence-corrected chi connectivity index (χ0v) is 11.1. The molecule has 1 aromatic carbocycles. The second-order valence-corrected chi connectivity index (χ2v) is 4.99. The minimum atomic E-state index is 0.256. The van der Waals surface area contributed by atoms with Gasteiger partial charge in [0.1, 0.15) is 0 Å². The van der Waals surface area contributed by atoms with E-state index in [2.05, 4.69) is 25.1 Å². The van der Waals surface area contributed by atoms with Crippen molar-refractivity contribution in [2.24, 2.45) is 5.73 Å². The zero-order chi connectivity index (χ0) is 13.0. The number of benzene rings is 1. The molecule has 1 amide bonds. The molecule has 0 saturated carbocycles. The van der Waals surface area contributed by atoms with Gasteiger partial charge in [-0.05, 0) is 43.9 Å². The molecule has 3 heteroatoms. The summed E-state index contributed by atoms with van der Waals surface area (Å²) in [5.41, 5.74) is 8.06. The summed E-state index contributed by atoms with van der Waals surface area (Å²) in [6, 6.07) is 8.65. The normalized spacial score (nSPS) is 19.2. The number of amides is 1. The van der Waals surface area contributed by atoms with E-state index in [9.17, 15) is 4.79 Å². The molecule has 1 atom stereocenters. The number of aryl methyl sites for hydroxylation is 1. The fourth-order valence-electron chi connectivity index (χ4n) is 2.75. The van der Waals surface area contributed by atoms with Gasteiger partial charge in [0, 0.05) is 13.0 Å². The van der Waals surface area contributed by atoms with Crippen molar-refractivity contribution in [1.82, 2.24) is 4.90 Å². The lowest BCUT2D eigenvalue weighted by Crippen LogP contribution is -2.31. The van der Waals surface area contributed by atoms with E-state index in [4.69, 9.17) is 5.73 Å². The average molecular weight is 246 g/mol. The van der Waals surface area contributed by atoms with Gasteiger partial charge in [-0.15, -0.1) is 0 Å². The van der Waals surface area contributed by atoms with Crippen molar-refractivity contribution in [2.45, 2.75) is 38.6 Å². The standard InChI is InChI=1S/C15H22N2O/c1-12-6-2-3-7-13(12)14-8-5-11-17(14)15(18)9-4-10-16/h2-3,6-7,14H,4-5,8-11,16H2,1H3. The second kappa shape index (κ2) is 6.01. The van der Waals surface area contributed by atoms with E-state index >= 15 is 0 Å². The van der Waals surface area contributed by atoms with Gasteiger partial charge in [-0.1, -0.05) is 24.3 Å². The Kier molecular flexibility index (Phi) is 4.37. The number of carbonyl (C=O) groups excluding carboxylic acids is 1. The number of hydrogen-bond acceptors (Lipinski definition) is 2. The van der Waals surface area contributed by atoms with Gasteiger partial charge in [-0.3, -0.25) is 4.79 Å². The molecule has 1 aliphatic heterocycles. The van der Waals surface area contributed by atoms with Crippen LogP contribution in [0.2, 0.25) is 0 Å². The van der Waals surface area contributed by atoms with Crippen molar-refractivity contribution in [3.63, 3.8) is 0 Å². The first-order chi connectivity index (χ1) is 8.74. The third kappa shape index (κ3) is 2.72. The molecule has 1 heterocycles. The second-order valence-electron chi connectivity index (χ2n) is 4.99. The maximum atomic E-state index is 12.2. The van der Waals surface area contributed by atoms with E-state index in [1.165, 1.54) is 11.1 Å². The van der Waals surface area contributed by atoms with Gasteiger partial charge in [0.2, 0.25) is 5.91 Å². The number of carbonyl (C=O) groups is 1. The van der Waals surface area contributed by atoms with Crippen LogP contribution in [-0.4, -0.2) is 23.9 Å². The molecule has 18 heavy (non-hydrogen) atoms. The minimum absolute atomic E-state index is 0.256. The highest BCUT2D eigenvalue weighted by Crippen LogP contribution is 2.34. The van der Waals surface area contributed by atoms with Crippen LogP contribution in [0.4, 0.5) is 0 Å². The van der Waals surface area contributed by atoms with Crippen molar-refractivity contribution in [3.8, 4) is 0 Å². The van der Waals surface area contributed by atoms with E-state index in [1.54, 1.807) is 0 Å². The molecular weight excluding hydrogens is 224 g/mol. The fraction of sp³-hybridized carbons (Fsp3) is 0.533. The fourth-order valence-corrected chi connectivity index (χ4v) is 2.75. The molecule has 98 valence electrons. The monoisotopic (exact) mass is 246 g/mol. The van der Waals surface area contributed by atoms with Crippen LogP contribution in [0, 0.1) is 6.92 Å². The van der Waals surface area contributed by atoms with Gasteiger partial charge < -0.3 is 10.6 Å². The molecule has 0 aliphatic carbocycles. The average Bonchev–Trinajstić information content (AvgIpc) is 2.85. The number of likely N-dealkylation sites (tertiary alicyclic amines) is 1. The lowest BCUT2D eigenvalue weighted by molar-refractivity contribution is -0.132. The first-order valence-corrected chi connectivity index (χ1v) is 6.79. The molecule has 3 nitrogen and oxygen atoms in total. The highest BCUT2D eigenvalue weighted by atomic mass is 16.2. The van der Waals surface area contributed by atoms with Gasteiger partial charge in [-0.25, -0.2) is 0 Å². The first kappa shape index (κ1) is 13.1. The summed E-state index contributed by atoms with van der Waals surface area (Å²) in [6.07, 6.45) is 3.56. The molecule has 1 saturated heterocycles. The molecule has 2 N–H and O–H groups in total. The summed E-state index contributed by atoms with van der Waals surface area (Å²) >= 11 is 0. The molecule has 2 rings (SSSR count). The molecule has 0 spiro atoms. The van der Waals surface area contributed by atoms with Crippen molar-refractivity contribution >= 4 is 5.91 Å². The lowest BCUT2D eigenvalue weighted by Gasteiger charge is -2.26. The first-order valence-electron chi connectivity index (χ1n) is 6.79. The number of nitrogens with zero attached hydrogens (tertiary/aromatic N) is 1. The van der Waals surface area contributed by atoms with Crippen molar-refractivity contribution in [3.05, 3.63) is 35.4 Å². The van der Waals surface area contributed by atoms with Crippen LogP contribution < -0.4 is 5.73 Å². The quantitative estimate of drug-likeness (QED) is 0.886. The van der Waals surface area contributed by atoms with Crippen LogP contribution in [0.15, 0.2) is 24.3 Å².